The molecule has 0 fully saturated rings. The third-order valence-electron chi connectivity index (χ3n) is 11.9. The summed E-state index contributed by atoms with van der Waals surface area (Å²) in [7, 11) is 0. The van der Waals surface area contributed by atoms with Gasteiger partial charge in [-0.25, -0.2) is 0 Å². The molecule has 2 heterocycles. The topological polar surface area (TPSA) is 59.1 Å². The highest BCUT2D eigenvalue weighted by atomic mass is 16.5. The summed E-state index contributed by atoms with van der Waals surface area (Å²) in [5.74, 6) is 3.22. The summed E-state index contributed by atoms with van der Waals surface area (Å²) < 4.78 is 12.5. The lowest BCUT2D eigenvalue weighted by atomic mass is 9.87. The van der Waals surface area contributed by atoms with E-state index in [9.17, 15) is 9.59 Å². The van der Waals surface area contributed by atoms with Gasteiger partial charge in [0.05, 0.1) is 22.7 Å². The Labute approximate surface area is 379 Å². The minimum Gasteiger partial charge on any atom is -0.453 e. The van der Waals surface area contributed by atoms with Crippen LogP contribution in [0.15, 0.2) is 206 Å². The summed E-state index contributed by atoms with van der Waals surface area (Å²) in [6.07, 6.45) is 0.847. The molecule has 0 aliphatic carbocycles. The molecule has 11 rings (SSSR count). The van der Waals surface area contributed by atoms with Crippen molar-refractivity contribution in [2.75, 3.05) is 9.80 Å². The van der Waals surface area contributed by atoms with Crippen molar-refractivity contribution in [2.45, 2.75) is 20.8 Å². The fourth-order valence-corrected chi connectivity index (χ4v) is 8.50. The number of ether oxygens (including phenoxy) is 2. The standard InChI is InChI=1S/C51H36N2O3.C8H8O/c1-33-19-21-37(22-20-33)51(54)42-32-40(35-23-27-38(28-24-35)52-43-11-3-7-15-47(43)55-48-16-8-4-12-44(48)52)34(2)31-41(42)36-25-29-39(30-26-36)53-45-13-5-9-17-49(45)56-50-18-10-6-14-46(50)53;1-7-2-4-8(6-9)5-3-7/h3-32H,1-2H3;2-6H,1H3. The van der Waals surface area contributed by atoms with Gasteiger partial charge < -0.3 is 19.3 Å². The van der Waals surface area contributed by atoms with Crippen LogP contribution in [0.1, 0.15) is 43.0 Å². The molecule has 65 heavy (non-hydrogen) atoms. The maximum absolute atomic E-state index is 14.5. The first-order valence-corrected chi connectivity index (χ1v) is 21.6. The zero-order valence-corrected chi connectivity index (χ0v) is 36.2. The number of para-hydroxylation sites is 8. The van der Waals surface area contributed by atoms with E-state index in [0.29, 0.717) is 11.1 Å². The van der Waals surface area contributed by atoms with E-state index in [1.165, 1.54) is 5.56 Å². The molecule has 0 N–H and O–H groups in total. The van der Waals surface area contributed by atoms with Gasteiger partial charge in [-0.15, -0.1) is 0 Å². The molecule has 0 radical (unpaired) electrons. The number of carbonyl (C=O) groups is 2. The molecular formula is C59H44N2O4. The van der Waals surface area contributed by atoms with E-state index < -0.39 is 0 Å². The number of aldehydes is 1. The van der Waals surface area contributed by atoms with Crippen molar-refractivity contribution in [3.05, 3.63) is 240 Å². The number of nitrogens with zero attached hydrogens (tertiary/aromatic N) is 2. The number of hydrogen-bond acceptors (Lipinski definition) is 6. The van der Waals surface area contributed by atoms with Crippen LogP contribution in [-0.4, -0.2) is 12.1 Å². The van der Waals surface area contributed by atoms with Gasteiger partial charge in [0, 0.05) is 28.1 Å². The quantitative estimate of drug-likeness (QED) is 0.118. The molecular weight excluding hydrogens is 801 g/mol. The molecule has 0 amide bonds. The predicted octanol–water partition coefficient (Wildman–Crippen LogP) is 15.8. The fraction of sp³-hybridized carbons (Fsp3) is 0.0508. The summed E-state index contributed by atoms with van der Waals surface area (Å²) in [5.41, 5.74) is 15.3. The Bertz CT molecular complexity index is 3120. The van der Waals surface area contributed by atoms with Crippen LogP contribution in [-0.2, 0) is 0 Å². The molecule has 0 unspecified atom stereocenters. The Kier molecular flexibility index (Phi) is 10.8. The lowest BCUT2D eigenvalue weighted by Crippen LogP contribution is -2.15. The van der Waals surface area contributed by atoms with Gasteiger partial charge in [-0.05, 0) is 127 Å². The van der Waals surface area contributed by atoms with Gasteiger partial charge in [-0.2, -0.15) is 0 Å². The Hall–Kier alpha value is -8.48. The molecule has 6 heteroatoms. The van der Waals surface area contributed by atoms with E-state index in [-0.39, 0.29) is 5.78 Å². The fourth-order valence-electron chi connectivity index (χ4n) is 8.50. The van der Waals surface area contributed by atoms with Crippen LogP contribution in [0.25, 0.3) is 22.3 Å². The van der Waals surface area contributed by atoms with Gasteiger partial charge in [-0.3, -0.25) is 9.59 Å². The zero-order chi connectivity index (χ0) is 44.4. The minimum atomic E-state index is -0.0143. The van der Waals surface area contributed by atoms with E-state index in [4.69, 9.17) is 9.47 Å². The van der Waals surface area contributed by atoms with E-state index in [2.05, 4.69) is 102 Å². The molecule has 0 aromatic heterocycles. The highest BCUT2D eigenvalue weighted by molar-refractivity contribution is 6.14. The van der Waals surface area contributed by atoms with E-state index in [1.54, 1.807) is 0 Å². The van der Waals surface area contributed by atoms with Crippen molar-refractivity contribution in [1.29, 1.82) is 0 Å². The van der Waals surface area contributed by atoms with Gasteiger partial charge in [0.25, 0.3) is 0 Å². The van der Waals surface area contributed by atoms with Gasteiger partial charge in [-0.1, -0.05) is 139 Å². The lowest BCUT2D eigenvalue weighted by Gasteiger charge is -2.32. The van der Waals surface area contributed by atoms with Crippen LogP contribution in [0.5, 0.6) is 23.0 Å². The van der Waals surface area contributed by atoms with Crippen LogP contribution in [0.4, 0.5) is 34.1 Å². The van der Waals surface area contributed by atoms with Crippen molar-refractivity contribution in [1.82, 2.24) is 0 Å². The molecule has 6 nitrogen and oxygen atoms in total. The molecule has 0 atom stereocenters. The first kappa shape index (κ1) is 40.6. The molecule has 9 aromatic rings. The number of fused-ring (bicyclic) bond motifs is 4. The van der Waals surface area contributed by atoms with Crippen molar-refractivity contribution in [2.24, 2.45) is 0 Å². The highest BCUT2D eigenvalue weighted by Crippen LogP contribution is 2.52. The van der Waals surface area contributed by atoms with E-state index in [1.807, 2.05) is 135 Å². The molecule has 0 saturated heterocycles. The number of hydrogen-bond donors (Lipinski definition) is 0. The van der Waals surface area contributed by atoms with Crippen LogP contribution in [0, 0.1) is 20.8 Å². The number of ketones is 1. The highest BCUT2D eigenvalue weighted by Gasteiger charge is 2.27. The molecule has 0 spiro atoms. The first-order valence-electron chi connectivity index (χ1n) is 21.6. The number of anilines is 6. The average Bonchev–Trinajstić information content (AvgIpc) is 3.35. The van der Waals surface area contributed by atoms with Gasteiger partial charge in [0.2, 0.25) is 0 Å². The van der Waals surface area contributed by atoms with E-state index in [0.717, 1.165) is 102 Å². The maximum atomic E-state index is 14.5. The third kappa shape index (κ3) is 7.94. The number of benzene rings is 9. The second-order valence-electron chi connectivity index (χ2n) is 16.3. The van der Waals surface area contributed by atoms with Gasteiger partial charge in [0.15, 0.2) is 28.8 Å². The van der Waals surface area contributed by atoms with Gasteiger partial charge >= 0.3 is 0 Å². The molecule has 2 aliphatic heterocycles. The summed E-state index contributed by atoms with van der Waals surface area (Å²) in [6.45, 7) is 6.15. The maximum Gasteiger partial charge on any atom is 0.193 e. The Morgan fingerprint density at radius 2 is 0.815 bits per heavy atom. The second kappa shape index (κ2) is 17.4. The van der Waals surface area contributed by atoms with Crippen LogP contribution in [0.2, 0.25) is 0 Å². The normalized spacial score (nSPS) is 11.9. The van der Waals surface area contributed by atoms with Crippen LogP contribution in [0.3, 0.4) is 0 Å². The van der Waals surface area contributed by atoms with E-state index >= 15 is 0 Å². The summed E-state index contributed by atoms with van der Waals surface area (Å²) in [4.78, 5) is 29.1. The predicted molar refractivity (Wildman–Crippen MR) is 263 cm³/mol. The smallest absolute Gasteiger partial charge is 0.193 e. The average molecular weight is 845 g/mol. The van der Waals surface area contributed by atoms with Crippen LogP contribution >= 0.6 is 0 Å². The lowest BCUT2D eigenvalue weighted by molar-refractivity contribution is 0.103. The second-order valence-corrected chi connectivity index (χ2v) is 16.3. The van der Waals surface area contributed by atoms with Crippen molar-refractivity contribution < 1.29 is 19.1 Å². The van der Waals surface area contributed by atoms with Crippen molar-refractivity contribution >= 4 is 46.2 Å². The van der Waals surface area contributed by atoms with Crippen molar-refractivity contribution in [3.63, 3.8) is 0 Å². The van der Waals surface area contributed by atoms with Crippen LogP contribution < -0.4 is 19.3 Å². The monoisotopic (exact) mass is 844 g/mol. The Morgan fingerprint density at radius 3 is 1.23 bits per heavy atom. The summed E-state index contributed by atoms with van der Waals surface area (Å²) in [6, 6.07) is 68.9. The molecule has 314 valence electrons. The number of rotatable bonds is 7. The molecule has 2 aliphatic rings. The Morgan fingerprint density at radius 1 is 0.431 bits per heavy atom. The molecule has 0 bridgehead atoms. The molecule has 9 aromatic carbocycles. The Balaban J connectivity index is 0.000000497. The number of carbonyl (C=O) groups excluding carboxylic acids is 2. The number of aryl methyl sites for hydroxylation is 3. The zero-order valence-electron chi connectivity index (χ0n) is 36.2. The third-order valence-corrected chi connectivity index (χ3v) is 11.9. The van der Waals surface area contributed by atoms with Crippen molar-refractivity contribution in [3.8, 4) is 45.3 Å². The largest absolute Gasteiger partial charge is 0.453 e. The molecule has 0 saturated carbocycles. The first-order chi connectivity index (χ1) is 31.8. The SMILES string of the molecule is Cc1ccc(C(=O)c2cc(-c3ccc(N4c5ccccc5Oc5ccccc54)cc3)c(C)cc2-c2ccc(N3c4ccccc4Oc4ccccc43)cc2)cc1.Cc1ccc(C=O)cc1. The minimum absolute atomic E-state index is 0.0143. The summed E-state index contributed by atoms with van der Waals surface area (Å²) in [5, 5.41) is 0. The summed E-state index contributed by atoms with van der Waals surface area (Å²) >= 11 is 0. The van der Waals surface area contributed by atoms with Gasteiger partial charge in [0.1, 0.15) is 6.29 Å².